The Kier molecular flexibility index (Phi) is 3.40. The summed E-state index contributed by atoms with van der Waals surface area (Å²) in [6.45, 7) is 3.05. The van der Waals surface area contributed by atoms with Gasteiger partial charge in [-0.3, -0.25) is 14.5 Å². The Balaban J connectivity index is 2.09. The molecule has 2 fully saturated rings. The molecule has 2 rings (SSSR count). The Hall–Kier alpha value is -1.79. The summed E-state index contributed by atoms with van der Waals surface area (Å²) in [5.41, 5.74) is 0. The Bertz CT molecular complexity index is 382. The van der Waals surface area contributed by atoms with E-state index in [9.17, 15) is 14.4 Å². The highest BCUT2D eigenvalue weighted by molar-refractivity contribution is 5.71. The fraction of sp³-hybridized carbons (Fsp3) is 0.727. The molecular formula is C11H15NO6. The summed E-state index contributed by atoms with van der Waals surface area (Å²) < 4.78 is 15.1. The predicted molar refractivity (Wildman–Crippen MR) is 57.6 cm³/mol. The molecule has 3 atom stereocenters. The molecule has 2 aliphatic heterocycles. The van der Waals surface area contributed by atoms with Crippen LogP contribution in [0.15, 0.2) is 0 Å². The largest absolute Gasteiger partial charge is 0.458 e. The van der Waals surface area contributed by atoms with Gasteiger partial charge in [0.25, 0.3) is 0 Å². The van der Waals surface area contributed by atoms with Crippen molar-refractivity contribution in [1.29, 1.82) is 0 Å². The molecule has 0 spiro atoms. The molecule has 18 heavy (non-hydrogen) atoms. The van der Waals surface area contributed by atoms with E-state index in [2.05, 4.69) is 0 Å². The lowest BCUT2D eigenvalue weighted by molar-refractivity contribution is -0.171. The number of piperidine rings is 1. The van der Waals surface area contributed by atoms with Crippen molar-refractivity contribution in [1.82, 2.24) is 4.90 Å². The van der Waals surface area contributed by atoms with Gasteiger partial charge in [-0.2, -0.15) is 0 Å². The van der Waals surface area contributed by atoms with E-state index in [-0.39, 0.29) is 19.2 Å². The molecule has 0 radical (unpaired) electrons. The van der Waals surface area contributed by atoms with E-state index in [4.69, 9.17) is 14.2 Å². The maximum Gasteiger partial charge on any atom is 0.410 e. The summed E-state index contributed by atoms with van der Waals surface area (Å²) in [7, 11) is 0. The van der Waals surface area contributed by atoms with Gasteiger partial charge in [0.2, 0.25) is 0 Å². The van der Waals surface area contributed by atoms with Gasteiger partial charge in [-0.25, -0.2) is 4.79 Å². The Morgan fingerprint density at radius 2 is 1.83 bits per heavy atom. The highest BCUT2D eigenvalue weighted by Crippen LogP contribution is 2.27. The van der Waals surface area contributed by atoms with E-state index in [0.717, 1.165) is 0 Å². The first kappa shape index (κ1) is 12.7. The maximum absolute atomic E-state index is 11.4. The van der Waals surface area contributed by atoms with Crippen molar-refractivity contribution in [3.8, 4) is 0 Å². The monoisotopic (exact) mass is 257 g/mol. The van der Waals surface area contributed by atoms with Crippen LogP contribution >= 0.6 is 0 Å². The number of ether oxygens (including phenoxy) is 3. The summed E-state index contributed by atoms with van der Waals surface area (Å²) in [5.74, 6) is -0.904. The summed E-state index contributed by atoms with van der Waals surface area (Å²) in [4.78, 5) is 35.0. The van der Waals surface area contributed by atoms with Crippen LogP contribution in [0.4, 0.5) is 4.79 Å². The van der Waals surface area contributed by atoms with Crippen molar-refractivity contribution >= 4 is 18.0 Å². The maximum atomic E-state index is 11.4. The van der Waals surface area contributed by atoms with Crippen molar-refractivity contribution < 1.29 is 28.6 Å². The summed E-state index contributed by atoms with van der Waals surface area (Å²) >= 11 is 0. The van der Waals surface area contributed by atoms with Gasteiger partial charge in [0.1, 0.15) is 12.7 Å². The summed E-state index contributed by atoms with van der Waals surface area (Å²) in [6, 6.07) is -0.117. The van der Waals surface area contributed by atoms with Crippen molar-refractivity contribution in [2.24, 2.45) is 0 Å². The molecule has 0 aromatic rings. The normalized spacial score (nSPS) is 30.4. The number of carbonyl (C=O) groups excluding carboxylic acids is 3. The lowest BCUT2D eigenvalue weighted by Crippen LogP contribution is -2.54. The van der Waals surface area contributed by atoms with Crippen LogP contribution in [0.5, 0.6) is 0 Å². The average Bonchev–Trinajstić information content (AvgIpc) is 2.59. The van der Waals surface area contributed by atoms with Gasteiger partial charge < -0.3 is 14.2 Å². The number of hydrogen-bond donors (Lipinski definition) is 0. The van der Waals surface area contributed by atoms with E-state index < -0.39 is 30.2 Å². The lowest BCUT2D eigenvalue weighted by Gasteiger charge is -2.37. The van der Waals surface area contributed by atoms with E-state index >= 15 is 0 Å². The van der Waals surface area contributed by atoms with Crippen molar-refractivity contribution in [2.45, 2.75) is 38.5 Å². The van der Waals surface area contributed by atoms with E-state index in [0.29, 0.717) is 6.42 Å². The molecule has 100 valence electrons. The second-order valence-electron chi connectivity index (χ2n) is 4.41. The predicted octanol–water partition coefficient (Wildman–Crippen LogP) is 0.0743. The molecule has 2 aliphatic rings. The second kappa shape index (κ2) is 4.83. The minimum absolute atomic E-state index is 0.117. The van der Waals surface area contributed by atoms with Gasteiger partial charge in [0.05, 0.1) is 12.6 Å². The van der Waals surface area contributed by atoms with Crippen LogP contribution in [0.25, 0.3) is 0 Å². The Morgan fingerprint density at radius 1 is 1.22 bits per heavy atom. The van der Waals surface area contributed by atoms with E-state index in [1.807, 2.05) is 0 Å². The number of rotatable bonds is 2. The molecule has 2 saturated heterocycles. The van der Waals surface area contributed by atoms with Gasteiger partial charge in [-0.05, 0) is 0 Å². The topological polar surface area (TPSA) is 82.1 Å². The zero-order valence-corrected chi connectivity index (χ0v) is 10.3. The molecular weight excluding hydrogens is 242 g/mol. The third kappa shape index (κ3) is 2.55. The second-order valence-corrected chi connectivity index (χ2v) is 4.41. The highest BCUT2D eigenvalue weighted by Gasteiger charge is 2.45. The molecule has 7 heteroatoms. The first-order valence-corrected chi connectivity index (χ1v) is 5.75. The Morgan fingerprint density at radius 3 is 2.44 bits per heavy atom. The number of fused-ring (bicyclic) bond motifs is 1. The molecule has 1 amide bonds. The first-order valence-electron chi connectivity index (χ1n) is 5.75. The van der Waals surface area contributed by atoms with Crippen molar-refractivity contribution in [2.75, 3.05) is 13.2 Å². The van der Waals surface area contributed by atoms with Crippen LogP contribution in [-0.2, 0) is 23.8 Å². The fourth-order valence-corrected chi connectivity index (χ4v) is 2.30. The average molecular weight is 257 g/mol. The molecule has 0 saturated carbocycles. The third-order valence-electron chi connectivity index (χ3n) is 3.00. The number of hydrogen-bond acceptors (Lipinski definition) is 6. The molecule has 0 bridgehead atoms. The van der Waals surface area contributed by atoms with Crippen molar-refractivity contribution in [3.05, 3.63) is 0 Å². The number of carbonyl (C=O) groups is 3. The SMILES string of the molecule is CC(=O)O[C@H]1CN2C(=O)OC[C@@H]2C[C@H]1OC(C)=O. The Labute approximate surface area is 104 Å². The highest BCUT2D eigenvalue weighted by atomic mass is 16.6. The van der Waals surface area contributed by atoms with Crippen LogP contribution in [-0.4, -0.2) is 54.3 Å². The third-order valence-corrected chi connectivity index (χ3v) is 3.00. The minimum Gasteiger partial charge on any atom is -0.458 e. The standard InChI is InChI=1S/C11H15NO6/c1-6(13)17-9-3-8-5-16-11(15)12(8)4-10(9)18-7(2)14/h8-10H,3-5H2,1-2H3/t8-,9+,10-/m0/s1. The quantitative estimate of drug-likeness (QED) is 0.514. The summed E-state index contributed by atoms with van der Waals surface area (Å²) in [6.07, 6.45) is -1.16. The van der Waals surface area contributed by atoms with Crippen LogP contribution in [0.3, 0.4) is 0 Å². The van der Waals surface area contributed by atoms with Crippen LogP contribution < -0.4 is 0 Å². The number of esters is 2. The van der Waals surface area contributed by atoms with Gasteiger partial charge in [0.15, 0.2) is 6.10 Å². The minimum atomic E-state index is -0.631. The molecule has 0 N–H and O–H groups in total. The van der Waals surface area contributed by atoms with Crippen LogP contribution in [0.2, 0.25) is 0 Å². The molecule has 0 unspecified atom stereocenters. The molecule has 0 aromatic carbocycles. The number of nitrogens with zero attached hydrogens (tertiary/aromatic N) is 1. The van der Waals surface area contributed by atoms with Crippen molar-refractivity contribution in [3.63, 3.8) is 0 Å². The molecule has 0 aromatic heterocycles. The zero-order valence-electron chi connectivity index (χ0n) is 10.3. The smallest absolute Gasteiger partial charge is 0.410 e. The van der Waals surface area contributed by atoms with E-state index in [1.54, 1.807) is 0 Å². The van der Waals surface area contributed by atoms with Gasteiger partial charge in [-0.1, -0.05) is 0 Å². The number of amides is 1. The number of cyclic esters (lactones) is 1. The molecule has 2 heterocycles. The van der Waals surface area contributed by atoms with Crippen LogP contribution in [0, 0.1) is 0 Å². The van der Waals surface area contributed by atoms with Gasteiger partial charge in [-0.15, -0.1) is 0 Å². The van der Waals surface area contributed by atoms with Gasteiger partial charge in [0, 0.05) is 20.3 Å². The van der Waals surface area contributed by atoms with E-state index in [1.165, 1.54) is 18.7 Å². The van der Waals surface area contributed by atoms with Crippen LogP contribution in [0.1, 0.15) is 20.3 Å². The van der Waals surface area contributed by atoms with Gasteiger partial charge >= 0.3 is 18.0 Å². The zero-order chi connectivity index (χ0) is 13.3. The fourth-order valence-electron chi connectivity index (χ4n) is 2.30. The molecule has 7 nitrogen and oxygen atoms in total. The first-order chi connectivity index (χ1) is 8.47. The lowest BCUT2D eigenvalue weighted by atomic mass is 9.98. The molecule has 0 aliphatic carbocycles. The summed E-state index contributed by atoms with van der Waals surface area (Å²) in [5, 5.41) is 0.